The molecule has 2 rings (SSSR count). The van der Waals surface area contributed by atoms with Crippen LogP contribution >= 0.6 is 0 Å². The third-order valence-corrected chi connectivity index (χ3v) is 3.40. The van der Waals surface area contributed by atoms with E-state index in [1.807, 2.05) is 6.92 Å². The summed E-state index contributed by atoms with van der Waals surface area (Å²) < 4.78 is 12.1. The zero-order valence-electron chi connectivity index (χ0n) is 11.0. The molecule has 0 unspecified atom stereocenters. The molecule has 1 saturated heterocycles. The molecule has 2 heterocycles. The highest BCUT2D eigenvalue weighted by Gasteiger charge is 2.36. The van der Waals surface area contributed by atoms with Crippen LogP contribution in [0.4, 0.5) is 0 Å². The highest BCUT2D eigenvalue weighted by atomic mass is 16.6. The van der Waals surface area contributed by atoms with E-state index in [4.69, 9.17) is 9.47 Å². The van der Waals surface area contributed by atoms with Crippen molar-refractivity contribution in [3.8, 4) is 0 Å². The lowest BCUT2D eigenvalue weighted by Gasteiger charge is -2.15. The number of hydrogen-bond acceptors (Lipinski definition) is 5. The lowest BCUT2D eigenvalue weighted by Crippen LogP contribution is -2.34. The maximum Gasteiger partial charge on any atom is 0.330 e. The Bertz CT molecular complexity index is 538. The minimum absolute atomic E-state index is 0.173. The van der Waals surface area contributed by atoms with Crippen LogP contribution in [0.2, 0.25) is 0 Å². The summed E-state index contributed by atoms with van der Waals surface area (Å²) in [6, 6.07) is 0. The molecular formula is C12H18N2O5. The van der Waals surface area contributed by atoms with Crippen LogP contribution in [0.1, 0.15) is 25.1 Å². The largest absolute Gasteiger partial charge is 0.394 e. The fraction of sp³-hybridized carbons (Fsp3) is 0.667. The smallest absolute Gasteiger partial charge is 0.330 e. The molecule has 1 aliphatic heterocycles. The number of methoxy groups -OCH3 is 1. The molecule has 19 heavy (non-hydrogen) atoms. The van der Waals surface area contributed by atoms with Gasteiger partial charge in [-0.3, -0.25) is 14.3 Å². The summed E-state index contributed by atoms with van der Waals surface area (Å²) in [5, 5.41) is 9.20. The number of aliphatic hydroxyl groups excluding tert-OH is 1. The van der Waals surface area contributed by atoms with Crippen molar-refractivity contribution in [1.29, 1.82) is 0 Å². The molecule has 0 aliphatic carbocycles. The van der Waals surface area contributed by atoms with Crippen molar-refractivity contribution >= 4 is 0 Å². The van der Waals surface area contributed by atoms with Crippen LogP contribution in [-0.4, -0.2) is 40.6 Å². The second-order valence-electron chi connectivity index (χ2n) is 4.50. The Morgan fingerprint density at radius 3 is 2.84 bits per heavy atom. The molecule has 3 atom stereocenters. The van der Waals surface area contributed by atoms with Crippen LogP contribution in [0.3, 0.4) is 0 Å². The molecule has 1 aliphatic rings. The Morgan fingerprint density at radius 1 is 1.58 bits per heavy atom. The monoisotopic (exact) mass is 270 g/mol. The average molecular weight is 270 g/mol. The van der Waals surface area contributed by atoms with Gasteiger partial charge >= 0.3 is 5.69 Å². The first kappa shape index (κ1) is 14.0. The van der Waals surface area contributed by atoms with E-state index >= 15 is 0 Å². The first-order valence-electron chi connectivity index (χ1n) is 6.24. The minimum atomic E-state index is -0.531. The maximum atomic E-state index is 11.8. The van der Waals surface area contributed by atoms with E-state index in [1.54, 1.807) is 0 Å². The number of aromatic nitrogens is 2. The molecule has 0 amide bonds. The number of H-pyrrole nitrogens is 1. The first-order valence-corrected chi connectivity index (χ1v) is 6.24. The van der Waals surface area contributed by atoms with E-state index in [2.05, 4.69) is 4.98 Å². The van der Waals surface area contributed by atoms with Gasteiger partial charge in [0, 0.05) is 25.3 Å². The molecule has 0 saturated carbocycles. The van der Waals surface area contributed by atoms with Crippen LogP contribution in [0, 0.1) is 0 Å². The summed E-state index contributed by atoms with van der Waals surface area (Å²) in [5.41, 5.74) is -0.367. The van der Waals surface area contributed by atoms with Crippen molar-refractivity contribution in [2.45, 2.75) is 38.2 Å². The highest BCUT2D eigenvalue weighted by molar-refractivity contribution is 5.04. The Morgan fingerprint density at radius 2 is 2.32 bits per heavy atom. The molecule has 7 nitrogen and oxygen atoms in total. The molecule has 7 heteroatoms. The number of aryl methyl sites for hydroxylation is 1. The molecule has 0 aromatic carbocycles. The van der Waals surface area contributed by atoms with Gasteiger partial charge in [-0.25, -0.2) is 4.79 Å². The van der Waals surface area contributed by atoms with Crippen molar-refractivity contribution in [2.75, 3.05) is 13.7 Å². The summed E-state index contributed by atoms with van der Waals surface area (Å²) in [6.45, 7) is 1.66. The minimum Gasteiger partial charge on any atom is -0.394 e. The molecule has 106 valence electrons. The van der Waals surface area contributed by atoms with Crippen LogP contribution in [0.5, 0.6) is 0 Å². The topological polar surface area (TPSA) is 93.6 Å². The van der Waals surface area contributed by atoms with Gasteiger partial charge in [-0.1, -0.05) is 6.92 Å². The quantitative estimate of drug-likeness (QED) is 0.761. The highest BCUT2D eigenvalue weighted by Crippen LogP contribution is 2.29. The molecule has 1 aromatic rings. The molecule has 0 radical (unpaired) electrons. The van der Waals surface area contributed by atoms with Crippen LogP contribution < -0.4 is 11.2 Å². The number of aliphatic hydroxyl groups is 1. The predicted octanol–water partition coefficient (Wildman–Crippen LogP) is -0.606. The SMILES string of the molecule is CCc1cn([C@H]2C[C@H](OC)[C@@H](CO)O2)c(=O)[nH]c1=O. The van der Waals surface area contributed by atoms with Crippen molar-refractivity contribution in [2.24, 2.45) is 0 Å². The third kappa shape index (κ3) is 2.63. The summed E-state index contributed by atoms with van der Waals surface area (Å²) in [5.74, 6) is 0. The predicted molar refractivity (Wildman–Crippen MR) is 67.1 cm³/mol. The van der Waals surface area contributed by atoms with E-state index in [0.717, 1.165) is 0 Å². The van der Waals surface area contributed by atoms with Crippen LogP contribution in [0.15, 0.2) is 15.8 Å². The third-order valence-electron chi connectivity index (χ3n) is 3.40. The molecule has 1 fully saturated rings. The number of nitrogens with one attached hydrogen (secondary N) is 1. The van der Waals surface area contributed by atoms with Crippen molar-refractivity contribution < 1.29 is 14.6 Å². The lowest BCUT2D eigenvalue weighted by molar-refractivity contribution is -0.0535. The van der Waals surface area contributed by atoms with Gasteiger partial charge in [0.2, 0.25) is 0 Å². The lowest BCUT2D eigenvalue weighted by atomic mass is 10.2. The Kier molecular flexibility index (Phi) is 4.18. The van der Waals surface area contributed by atoms with Gasteiger partial charge in [-0.2, -0.15) is 0 Å². The zero-order valence-corrected chi connectivity index (χ0v) is 11.0. The van der Waals surface area contributed by atoms with E-state index in [1.165, 1.54) is 17.9 Å². The molecule has 0 spiro atoms. The van der Waals surface area contributed by atoms with E-state index in [-0.39, 0.29) is 18.3 Å². The normalized spacial score (nSPS) is 26.8. The van der Waals surface area contributed by atoms with Gasteiger partial charge in [0.25, 0.3) is 5.56 Å². The molecule has 1 aromatic heterocycles. The standard InChI is InChI=1S/C12H18N2O5/c1-3-7-5-14(12(17)13-11(7)16)10-4-8(18-2)9(6-15)19-10/h5,8-10,15H,3-4,6H2,1-2H3,(H,13,16,17)/t8-,9+,10+/m0/s1. The Hall–Kier alpha value is -1.44. The van der Waals surface area contributed by atoms with Gasteiger partial charge in [0.05, 0.1) is 12.7 Å². The van der Waals surface area contributed by atoms with E-state index < -0.39 is 18.0 Å². The van der Waals surface area contributed by atoms with Gasteiger partial charge < -0.3 is 14.6 Å². The van der Waals surface area contributed by atoms with Crippen molar-refractivity contribution in [3.05, 3.63) is 32.6 Å². The van der Waals surface area contributed by atoms with Crippen molar-refractivity contribution in [1.82, 2.24) is 9.55 Å². The van der Waals surface area contributed by atoms with E-state index in [9.17, 15) is 14.7 Å². The van der Waals surface area contributed by atoms with Gasteiger partial charge in [-0.05, 0) is 6.42 Å². The summed E-state index contributed by atoms with van der Waals surface area (Å²) in [7, 11) is 1.53. The average Bonchev–Trinajstić information content (AvgIpc) is 2.82. The van der Waals surface area contributed by atoms with Crippen LogP contribution in [0.25, 0.3) is 0 Å². The van der Waals surface area contributed by atoms with Crippen molar-refractivity contribution in [3.63, 3.8) is 0 Å². The van der Waals surface area contributed by atoms with Gasteiger partial charge in [-0.15, -0.1) is 0 Å². The molecular weight excluding hydrogens is 252 g/mol. The second kappa shape index (κ2) is 5.68. The van der Waals surface area contributed by atoms with Gasteiger partial charge in [0.1, 0.15) is 12.3 Å². The number of rotatable bonds is 4. The number of nitrogens with zero attached hydrogens (tertiary/aromatic N) is 1. The zero-order chi connectivity index (χ0) is 14.0. The summed E-state index contributed by atoms with van der Waals surface area (Å²) >= 11 is 0. The Balaban J connectivity index is 2.33. The number of aromatic amines is 1. The summed E-state index contributed by atoms with van der Waals surface area (Å²) in [6.07, 6.45) is 1.24. The number of ether oxygens (including phenoxy) is 2. The van der Waals surface area contributed by atoms with Gasteiger partial charge in [0.15, 0.2) is 0 Å². The summed E-state index contributed by atoms with van der Waals surface area (Å²) in [4.78, 5) is 25.6. The first-order chi connectivity index (χ1) is 9.10. The maximum absolute atomic E-state index is 11.8. The number of hydrogen-bond donors (Lipinski definition) is 2. The Labute approximate surface area is 109 Å². The molecule has 0 bridgehead atoms. The second-order valence-corrected chi connectivity index (χ2v) is 4.50. The van der Waals surface area contributed by atoms with E-state index in [0.29, 0.717) is 18.4 Å². The fourth-order valence-electron chi connectivity index (χ4n) is 2.28. The fourth-order valence-corrected chi connectivity index (χ4v) is 2.28. The van der Waals surface area contributed by atoms with Crippen LogP contribution in [-0.2, 0) is 15.9 Å². The molecule has 2 N–H and O–H groups in total.